The van der Waals surface area contributed by atoms with Gasteiger partial charge in [-0.25, -0.2) is 9.78 Å². The lowest BCUT2D eigenvalue weighted by Gasteiger charge is -2.22. The standard InChI is InChI=1S/C23H22F3N3O4/c1-5-17(20(30)27-15-8-6-14(7-9-15)22(32)33-4)29-18-11-13(3)12(2)10-16(18)28-19(21(29)31)23(24,25)26/h6-11,17H,5H2,1-4H3,(H,27,30)/t17-/m1/s1. The fraction of sp³-hybridized carbons (Fsp3) is 0.304. The summed E-state index contributed by atoms with van der Waals surface area (Å²) in [5, 5.41) is 2.60. The number of ether oxygens (including phenoxy) is 1. The summed E-state index contributed by atoms with van der Waals surface area (Å²) in [6.07, 6.45) is -4.93. The zero-order valence-corrected chi connectivity index (χ0v) is 18.4. The number of amides is 1. The first-order chi connectivity index (χ1) is 15.5. The second-order valence-corrected chi connectivity index (χ2v) is 7.54. The number of methoxy groups -OCH3 is 1. The first kappa shape index (κ1) is 24.0. The lowest BCUT2D eigenvalue weighted by atomic mass is 10.1. The molecule has 0 bridgehead atoms. The highest BCUT2D eigenvalue weighted by Gasteiger charge is 2.38. The number of benzene rings is 2. The third kappa shape index (κ3) is 4.74. The molecule has 10 heteroatoms. The van der Waals surface area contributed by atoms with E-state index >= 15 is 0 Å². The van der Waals surface area contributed by atoms with E-state index in [2.05, 4.69) is 15.0 Å². The predicted octanol–water partition coefficient (Wildman–Crippen LogP) is 4.41. The number of fused-ring (bicyclic) bond motifs is 1. The summed E-state index contributed by atoms with van der Waals surface area (Å²) in [5.41, 5.74) is -0.839. The number of esters is 1. The predicted molar refractivity (Wildman–Crippen MR) is 116 cm³/mol. The number of aryl methyl sites for hydroxylation is 2. The van der Waals surface area contributed by atoms with Crippen molar-refractivity contribution in [1.29, 1.82) is 0 Å². The maximum atomic E-state index is 13.6. The normalized spacial score (nSPS) is 12.5. The van der Waals surface area contributed by atoms with E-state index in [4.69, 9.17) is 0 Å². The molecule has 0 fully saturated rings. The maximum Gasteiger partial charge on any atom is 0.438 e. The molecule has 174 valence electrons. The van der Waals surface area contributed by atoms with Gasteiger partial charge in [0.05, 0.1) is 23.7 Å². The Morgan fingerprint density at radius 2 is 1.73 bits per heavy atom. The van der Waals surface area contributed by atoms with Gasteiger partial charge in [0.1, 0.15) is 6.04 Å². The van der Waals surface area contributed by atoms with Gasteiger partial charge in [-0.2, -0.15) is 13.2 Å². The van der Waals surface area contributed by atoms with E-state index in [0.717, 1.165) is 10.1 Å². The lowest BCUT2D eigenvalue weighted by Crippen LogP contribution is -2.37. The Bertz CT molecular complexity index is 1280. The smallest absolute Gasteiger partial charge is 0.438 e. The van der Waals surface area contributed by atoms with Crippen LogP contribution in [0, 0.1) is 13.8 Å². The minimum Gasteiger partial charge on any atom is -0.465 e. The van der Waals surface area contributed by atoms with Gasteiger partial charge in [0, 0.05) is 5.69 Å². The largest absolute Gasteiger partial charge is 0.465 e. The minimum atomic E-state index is -4.98. The molecule has 1 heterocycles. The number of alkyl halides is 3. The number of aromatic nitrogens is 2. The third-order valence-electron chi connectivity index (χ3n) is 5.35. The summed E-state index contributed by atoms with van der Waals surface area (Å²) in [6, 6.07) is 7.57. The zero-order valence-electron chi connectivity index (χ0n) is 18.4. The minimum absolute atomic E-state index is 0.0290. The quantitative estimate of drug-likeness (QED) is 0.569. The highest BCUT2D eigenvalue weighted by molar-refractivity contribution is 5.96. The zero-order chi connectivity index (χ0) is 24.5. The van der Waals surface area contributed by atoms with Crippen molar-refractivity contribution < 1.29 is 27.5 Å². The van der Waals surface area contributed by atoms with Crippen molar-refractivity contribution in [3.63, 3.8) is 0 Å². The van der Waals surface area contributed by atoms with Gasteiger partial charge in [-0.05, 0) is 67.8 Å². The van der Waals surface area contributed by atoms with Gasteiger partial charge in [0.15, 0.2) is 0 Å². The van der Waals surface area contributed by atoms with Crippen molar-refractivity contribution in [1.82, 2.24) is 9.55 Å². The van der Waals surface area contributed by atoms with Gasteiger partial charge in [-0.3, -0.25) is 14.2 Å². The molecule has 0 saturated heterocycles. The topological polar surface area (TPSA) is 90.3 Å². The number of rotatable bonds is 5. The summed E-state index contributed by atoms with van der Waals surface area (Å²) in [6.45, 7) is 5.07. The van der Waals surface area contributed by atoms with Crippen LogP contribution in [0.25, 0.3) is 11.0 Å². The van der Waals surface area contributed by atoms with E-state index in [1.807, 2.05) is 0 Å². The van der Waals surface area contributed by atoms with Crippen LogP contribution in [0.1, 0.15) is 46.6 Å². The molecule has 1 aromatic heterocycles. The van der Waals surface area contributed by atoms with Crippen LogP contribution in [-0.4, -0.2) is 28.5 Å². The molecule has 7 nitrogen and oxygen atoms in total. The molecule has 1 atom stereocenters. The molecule has 0 unspecified atom stereocenters. The number of hydrogen-bond acceptors (Lipinski definition) is 5. The van der Waals surface area contributed by atoms with Crippen LogP contribution in [-0.2, 0) is 15.7 Å². The van der Waals surface area contributed by atoms with E-state index in [0.29, 0.717) is 11.3 Å². The summed E-state index contributed by atoms with van der Waals surface area (Å²) >= 11 is 0. The van der Waals surface area contributed by atoms with Gasteiger partial charge < -0.3 is 10.1 Å². The summed E-state index contributed by atoms with van der Waals surface area (Å²) < 4.78 is 46.2. The van der Waals surface area contributed by atoms with Crippen LogP contribution in [0.15, 0.2) is 41.2 Å². The molecule has 2 aromatic carbocycles. The Hall–Kier alpha value is -3.69. The summed E-state index contributed by atoms with van der Waals surface area (Å²) in [4.78, 5) is 41.1. The van der Waals surface area contributed by atoms with Gasteiger partial charge in [0.2, 0.25) is 11.6 Å². The molecule has 0 radical (unpaired) electrons. The number of hydrogen-bond donors (Lipinski definition) is 1. The van der Waals surface area contributed by atoms with Gasteiger partial charge in [-0.1, -0.05) is 6.92 Å². The fourth-order valence-electron chi connectivity index (χ4n) is 3.47. The molecule has 1 N–H and O–H groups in total. The third-order valence-corrected chi connectivity index (χ3v) is 5.35. The number of carbonyl (C=O) groups is 2. The first-order valence-electron chi connectivity index (χ1n) is 10.1. The highest BCUT2D eigenvalue weighted by Crippen LogP contribution is 2.29. The van der Waals surface area contributed by atoms with Crippen molar-refractivity contribution in [2.75, 3.05) is 12.4 Å². The average molecular weight is 461 g/mol. The van der Waals surface area contributed by atoms with Crippen molar-refractivity contribution in [2.24, 2.45) is 0 Å². The summed E-state index contributed by atoms with van der Waals surface area (Å²) in [5.74, 6) is -1.23. The average Bonchev–Trinajstić information content (AvgIpc) is 2.76. The van der Waals surface area contributed by atoms with Crippen LogP contribution in [0.4, 0.5) is 18.9 Å². The van der Waals surface area contributed by atoms with E-state index in [1.165, 1.54) is 37.4 Å². The van der Waals surface area contributed by atoms with E-state index in [9.17, 15) is 27.6 Å². The monoisotopic (exact) mass is 461 g/mol. The highest BCUT2D eigenvalue weighted by atomic mass is 19.4. The van der Waals surface area contributed by atoms with Crippen LogP contribution in [0.2, 0.25) is 0 Å². The molecule has 3 rings (SSSR count). The van der Waals surface area contributed by atoms with Crippen molar-refractivity contribution in [3.8, 4) is 0 Å². The van der Waals surface area contributed by atoms with Crippen molar-refractivity contribution >= 4 is 28.6 Å². The molecule has 0 aliphatic rings. The number of anilines is 1. The number of carbonyl (C=O) groups excluding carboxylic acids is 2. The molecule has 0 aliphatic heterocycles. The van der Waals surface area contributed by atoms with E-state index in [1.54, 1.807) is 26.8 Å². The van der Waals surface area contributed by atoms with Crippen molar-refractivity contribution in [3.05, 3.63) is 69.1 Å². The Balaban J connectivity index is 2.11. The Labute approximate surface area is 187 Å². The second-order valence-electron chi connectivity index (χ2n) is 7.54. The number of nitrogens with zero attached hydrogens (tertiary/aromatic N) is 2. The Morgan fingerprint density at radius 3 is 2.27 bits per heavy atom. The molecule has 0 spiro atoms. The molecular formula is C23H22F3N3O4. The Morgan fingerprint density at radius 1 is 1.12 bits per heavy atom. The van der Waals surface area contributed by atoms with Crippen LogP contribution < -0.4 is 10.9 Å². The molecule has 0 aliphatic carbocycles. The fourth-order valence-corrected chi connectivity index (χ4v) is 3.47. The molecule has 1 amide bonds. The maximum absolute atomic E-state index is 13.6. The molecular weight excluding hydrogens is 439 g/mol. The van der Waals surface area contributed by atoms with Crippen LogP contribution in [0.3, 0.4) is 0 Å². The van der Waals surface area contributed by atoms with Gasteiger partial charge in [-0.15, -0.1) is 0 Å². The molecule has 0 saturated carbocycles. The van der Waals surface area contributed by atoms with Gasteiger partial charge >= 0.3 is 12.1 Å². The van der Waals surface area contributed by atoms with Gasteiger partial charge in [0.25, 0.3) is 5.56 Å². The van der Waals surface area contributed by atoms with Crippen LogP contribution in [0.5, 0.6) is 0 Å². The number of nitrogens with one attached hydrogen (secondary N) is 1. The summed E-state index contributed by atoms with van der Waals surface area (Å²) in [7, 11) is 1.24. The SMILES string of the molecule is CC[C@H](C(=O)Nc1ccc(C(=O)OC)cc1)n1c(=O)c(C(F)(F)F)nc2cc(C)c(C)cc21. The van der Waals surface area contributed by atoms with E-state index < -0.39 is 35.3 Å². The molecule has 3 aromatic rings. The van der Waals surface area contributed by atoms with E-state index in [-0.39, 0.29) is 23.0 Å². The molecule has 33 heavy (non-hydrogen) atoms. The Kier molecular flexibility index (Phi) is 6.57. The lowest BCUT2D eigenvalue weighted by molar-refractivity contribution is -0.142. The van der Waals surface area contributed by atoms with Crippen LogP contribution >= 0.6 is 0 Å². The first-order valence-corrected chi connectivity index (χ1v) is 10.1. The second kappa shape index (κ2) is 9.05. The number of halogens is 3. The van der Waals surface area contributed by atoms with Crippen molar-refractivity contribution in [2.45, 2.75) is 39.4 Å².